The van der Waals surface area contributed by atoms with Gasteiger partial charge >= 0.3 is 6.01 Å². The molecule has 4 N–H and O–H groups in total. The number of nitrogens with one attached hydrogen (secondary N) is 1. The summed E-state index contributed by atoms with van der Waals surface area (Å²) in [7, 11) is 0. The lowest BCUT2D eigenvalue weighted by Gasteiger charge is -2.36. The van der Waals surface area contributed by atoms with Crippen LogP contribution in [0.1, 0.15) is 90.0 Å². The molecule has 2 bridgehead atoms. The Bertz CT molecular complexity index is 3260. The summed E-state index contributed by atoms with van der Waals surface area (Å²) in [6.07, 6.45) is 12.4. The molecular formula is C58H62FN9O6. The lowest BCUT2D eigenvalue weighted by Crippen LogP contribution is -2.51. The minimum atomic E-state index is -0.637. The van der Waals surface area contributed by atoms with E-state index < -0.39 is 5.82 Å². The Morgan fingerprint density at radius 3 is 2.42 bits per heavy atom. The third kappa shape index (κ3) is 9.09. The highest BCUT2D eigenvalue weighted by Gasteiger charge is 2.47. The molecule has 0 spiro atoms. The highest BCUT2D eigenvalue weighted by atomic mass is 19.1. The molecule has 6 aliphatic rings. The van der Waals surface area contributed by atoms with Gasteiger partial charge in [-0.05, 0) is 96.5 Å². The molecule has 4 saturated heterocycles. The van der Waals surface area contributed by atoms with Crippen molar-refractivity contribution in [1.82, 2.24) is 39.9 Å². The van der Waals surface area contributed by atoms with E-state index in [0.29, 0.717) is 90.1 Å². The molecule has 2 unspecified atom stereocenters. The molecule has 74 heavy (non-hydrogen) atoms. The highest BCUT2D eigenvalue weighted by Crippen LogP contribution is 2.48. The van der Waals surface area contributed by atoms with E-state index in [2.05, 4.69) is 49.1 Å². The van der Waals surface area contributed by atoms with Crippen molar-refractivity contribution >= 4 is 39.3 Å². The number of rotatable bonds is 12. The van der Waals surface area contributed by atoms with Crippen molar-refractivity contribution in [1.29, 1.82) is 0 Å². The monoisotopic (exact) mass is 999 g/mol. The van der Waals surface area contributed by atoms with Gasteiger partial charge < -0.3 is 45.0 Å². The average molecular weight is 1000 g/mol. The largest absolute Gasteiger partial charge is 0.508 e. The number of fused-ring (bicyclic) bond motifs is 5. The van der Waals surface area contributed by atoms with Gasteiger partial charge in [-0.3, -0.25) is 19.5 Å². The van der Waals surface area contributed by atoms with Gasteiger partial charge in [-0.1, -0.05) is 50.1 Å². The maximum Gasteiger partial charge on any atom is 0.319 e. The molecule has 2 aromatic heterocycles. The van der Waals surface area contributed by atoms with E-state index in [1.165, 1.54) is 12.1 Å². The van der Waals surface area contributed by atoms with Crippen LogP contribution in [0, 0.1) is 29.5 Å². The first-order valence-electron chi connectivity index (χ1n) is 26.2. The number of benzene rings is 4. The van der Waals surface area contributed by atoms with Gasteiger partial charge in [-0.25, -0.2) is 4.39 Å². The molecule has 2 amide bonds. The summed E-state index contributed by atoms with van der Waals surface area (Å²) >= 11 is 0. The van der Waals surface area contributed by atoms with Crippen molar-refractivity contribution in [2.24, 2.45) is 11.3 Å². The van der Waals surface area contributed by atoms with Crippen LogP contribution in [0.2, 0.25) is 0 Å². The third-order valence-corrected chi connectivity index (χ3v) is 16.5. The van der Waals surface area contributed by atoms with Gasteiger partial charge in [0.25, 0.3) is 5.91 Å². The summed E-state index contributed by atoms with van der Waals surface area (Å²) in [5.74, 6) is 2.30. The van der Waals surface area contributed by atoms with Gasteiger partial charge in [0.15, 0.2) is 5.82 Å². The number of pyridine rings is 1. The van der Waals surface area contributed by atoms with Gasteiger partial charge in [0.1, 0.15) is 34.3 Å². The van der Waals surface area contributed by atoms with E-state index in [-0.39, 0.29) is 69.1 Å². The van der Waals surface area contributed by atoms with Gasteiger partial charge in [0.05, 0.1) is 23.5 Å². The minimum absolute atomic E-state index is 0.00260. The molecule has 12 rings (SSSR count). The molecule has 16 heteroatoms. The van der Waals surface area contributed by atoms with E-state index in [1.807, 2.05) is 30.9 Å². The van der Waals surface area contributed by atoms with Gasteiger partial charge in [0, 0.05) is 118 Å². The number of ether oxygens (including phenoxy) is 1. The van der Waals surface area contributed by atoms with Crippen LogP contribution in [0.5, 0.6) is 23.3 Å². The summed E-state index contributed by atoms with van der Waals surface area (Å²) in [6.45, 7) is 12.6. The molecular weight excluding hydrogens is 938 g/mol. The first-order valence-corrected chi connectivity index (χ1v) is 26.2. The summed E-state index contributed by atoms with van der Waals surface area (Å²) in [5, 5.41) is 37.1. The predicted molar refractivity (Wildman–Crippen MR) is 279 cm³/mol. The van der Waals surface area contributed by atoms with Crippen molar-refractivity contribution in [3.8, 4) is 46.9 Å². The summed E-state index contributed by atoms with van der Waals surface area (Å²) in [4.78, 5) is 52.7. The van der Waals surface area contributed by atoms with Crippen LogP contribution in [0.15, 0.2) is 66.9 Å². The molecule has 382 valence electrons. The predicted octanol–water partition coefficient (Wildman–Crippen LogP) is 7.13. The molecule has 5 aliphatic heterocycles. The molecule has 3 atom stereocenters. The number of phenolic OH excluding ortho intramolecular Hbond substituents is 3. The Labute approximate surface area is 430 Å². The van der Waals surface area contributed by atoms with E-state index in [0.717, 1.165) is 94.6 Å². The molecule has 1 aliphatic carbocycles. The second-order valence-corrected chi connectivity index (χ2v) is 22.1. The number of carbonyl (C=O) groups excluding carboxylic acids is 2. The molecule has 5 fully saturated rings. The lowest BCUT2D eigenvalue weighted by atomic mass is 9.96. The fourth-order valence-corrected chi connectivity index (χ4v) is 12.3. The Morgan fingerprint density at radius 2 is 1.66 bits per heavy atom. The van der Waals surface area contributed by atoms with Crippen LogP contribution in [-0.2, 0) is 24.4 Å². The number of halogens is 1. The zero-order valence-electron chi connectivity index (χ0n) is 42.0. The molecule has 6 aromatic rings. The average Bonchev–Trinajstić information content (AvgIpc) is 3.63. The van der Waals surface area contributed by atoms with Crippen molar-refractivity contribution in [2.45, 2.75) is 83.6 Å². The fraction of sp³-hybridized carbons (Fsp3) is 0.431. The lowest BCUT2D eigenvalue weighted by molar-refractivity contribution is -0.137. The van der Waals surface area contributed by atoms with Gasteiger partial charge in [0.2, 0.25) is 5.91 Å². The van der Waals surface area contributed by atoms with E-state index in [4.69, 9.17) is 21.1 Å². The van der Waals surface area contributed by atoms with Crippen molar-refractivity contribution in [3.05, 3.63) is 106 Å². The van der Waals surface area contributed by atoms with Crippen molar-refractivity contribution < 1.29 is 34.0 Å². The van der Waals surface area contributed by atoms with E-state index >= 15 is 4.39 Å². The van der Waals surface area contributed by atoms with E-state index in [9.17, 15) is 24.9 Å². The number of phenols is 3. The number of piperazine rings is 2. The number of terminal acetylenes is 1. The Kier molecular flexibility index (Phi) is 12.3. The van der Waals surface area contributed by atoms with Crippen LogP contribution in [0.4, 0.5) is 10.2 Å². The molecule has 1 saturated carbocycles. The summed E-state index contributed by atoms with van der Waals surface area (Å²) < 4.78 is 23.7. The smallest absolute Gasteiger partial charge is 0.319 e. The third-order valence-electron chi connectivity index (χ3n) is 16.5. The fourth-order valence-electron chi connectivity index (χ4n) is 12.3. The van der Waals surface area contributed by atoms with Crippen LogP contribution < -0.4 is 15.0 Å². The Hall–Kier alpha value is -7.06. The number of amides is 2. The van der Waals surface area contributed by atoms with E-state index in [1.54, 1.807) is 29.3 Å². The topological polar surface area (TPSA) is 171 Å². The van der Waals surface area contributed by atoms with Crippen LogP contribution in [0.25, 0.3) is 32.9 Å². The zero-order valence-corrected chi connectivity index (χ0v) is 42.0. The Balaban J connectivity index is 0.674. The number of hydrogen-bond acceptors (Lipinski definition) is 13. The quantitative estimate of drug-likeness (QED) is 0.0915. The van der Waals surface area contributed by atoms with Gasteiger partial charge in [-0.2, -0.15) is 9.97 Å². The van der Waals surface area contributed by atoms with Crippen LogP contribution in [-0.4, -0.2) is 139 Å². The number of carbonyl (C=O) groups is 2. The SMILES string of the molecule is C#Cc1cccc2cc(O)cc(-c3ncc4c(N5CC6CCC(C5)N6)nc(OCC5(CN6CC[C@H](C(=O)N7CCN(Cc8ccc9c(c8)CN(C(=O)c8cc(C(C)C)c(O)cc8O)C9)CC7)C6)CC5)nc4c3F)c12. The molecule has 0 radical (unpaired) electrons. The number of likely N-dealkylation sites (tertiary alicyclic amines) is 1. The number of hydrogen-bond donors (Lipinski definition) is 4. The van der Waals surface area contributed by atoms with Gasteiger partial charge in [-0.15, -0.1) is 6.42 Å². The number of anilines is 1. The first-order chi connectivity index (χ1) is 35.8. The normalized spacial score (nSPS) is 21.4. The highest BCUT2D eigenvalue weighted by molar-refractivity contribution is 6.03. The van der Waals surface area contributed by atoms with Crippen molar-refractivity contribution in [2.75, 3.05) is 70.4 Å². The van der Waals surface area contributed by atoms with Crippen molar-refractivity contribution in [3.63, 3.8) is 0 Å². The second kappa shape index (κ2) is 19.0. The van der Waals surface area contributed by atoms with Crippen LogP contribution in [0.3, 0.4) is 0 Å². The standard InChI is InChI=1S/C58H62FN9O6/c1-4-36-6-5-7-37-21-43(69)22-46(50(36)37)52-51(59)53-47(25-60-52)54(67-30-41-10-11-42(31-67)61-41)63-57(62-53)74-33-58(13-14-58)32-65-15-12-39(27-65)55(72)66-18-16-64(17-19-66)26-35-8-9-38-28-68(29-40(38)20-35)56(73)45-23-44(34(2)3)48(70)24-49(45)71/h1,5-9,20-25,34,39,41-42,61,69-71H,10-19,26-33H2,2-3H3/t39-,41?,42?/m0/s1. The Morgan fingerprint density at radius 1 is 0.878 bits per heavy atom. The minimum Gasteiger partial charge on any atom is -0.508 e. The number of aromatic hydroxyl groups is 3. The maximum atomic E-state index is 17.2. The first kappa shape index (κ1) is 47.9. The maximum absolute atomic E-state index is 17.2. The second-order valence-electron chi connectivity index (χ2n) is 22.1. The number of nitrogens with zero attached hydrogens (tertiary/aromatic N) is 8. The molecule has 15 nitrogen and oxygen atoms in total. The summed E-state index contributed by atoms with van der Waals surface area (Å²) in [5.41, 5.74) is 5.12. The molecule has 4 aromatic carbocycles. The zero-order chi connectivity index (χ0) is 51.0. The number of aromatic nitrogens is 3. The summed E-state index contributed by atoms with van der Waals surface area (Å²) in [6, 6.07) is 18.5. The van der Waals surface area contributed by atoms with Crippen LogP contribution >= 0.6 is 0 Å². The molecule has 7 heterocycles.